The highest BCUT2D eigenvalue weighted by molar-refractivity contribution is 5.80. The molecule has 1 amide bonds. The third-order valence-corrected chi connectivity index (χ3v) is 2.28. The minimum Gasteiger partial charge on any atom is -0.347 e. The molecule has 0 aromatic rings. The normalized spacial score (nSPS) is 15.2. The van der Waals surface area contributed by atoms with E-state index in [-0.39, 0.29) is 11.9 Å². The lowest BCUT2D eigenvalue weighted by Crippen LogP contribution is -2.42. The van der Waals surface area contributed by atoms with Gasteiger partial charge in [0.2, 0.25) is 5.91 Å². The lowest BCUT2D eigenvalue weighted by molar-refractivity contribution is -0.130. The molecule has 0 saturated carbocycles. The summed E-state index contributed by atoms with van der Waals surface area (Å²) in [6, 6.07) is -0.0657. The Morgan fingerprint density at radius 3 is 2.31 bits per heavy atom. The summed E-state index contributed by atoms with van der Waals surface area (Å²) in [7, 11) is 3.56. The van der Waals surface area contributed by atoms with Gasteiger partial charge >= 0.3 is 0 Å². The molecule has 0 spiro atoms. The number of carbonyl (C=O) groups excluding carboxylic acids is 1. The van der Waals surface area contributed by atoms with Crippen molar-refractivity contribution in [1.29, 1.82) is 0 Å². The Bertz CT molecular complexity index is 157. The van der Waals surface area contributed by atoms with E-state index in [1.54, 1.807) is 19.0 Å². The molecule has 13 heavy (non-hydrogen) atoms. The summed E-state index contributed by atoms with van der Waals surface area (Å²) in [5.74, 6) is 0.778. The smallest absolute Gasteiger partial charge is 0.238 e. The molecule has 0 aliphatic heterocycles. The van der Waals surface area contributed by atoms with Crippen molar-refractivity contribution >= 4 is 5.91 Å². The summed E-state index contributed by atoms with van der Waals surface area (Å²) < 4.78 is 0. The summed E-state index contributed by atoms with van der Waals surface area (Å²) in [4.78, 5) is 13.0. The first-order valence-corrected chi connectivity index (χ1v) is 4.93. The summed E-state index contributed by atoms with van der Waals surface area (Å²) in [6.07, 6.45) is 1.15. The van der Waals surface area contributed by atoms with Gasteiger partial charge in [0.05, 0.1) is 6.04 Å². The van der Waals surface area contributed by atoms with Crippen LogP contribution in [0.15, 0.2) is 0 Å². The molecule has 0 aromatic heterocycles. The highest BCUT2D eigenvalue weighted by Crippen LogP contribution is 1.98. The van der Waals surface area contributed by atoms with Crippen molar-refractivity contribution in [2.75, 3.05) is 20.6 Å². The Kier molecular flexibility index (Phi) is 5.71. The van der Waals surface area contributed by atoms with Gasteiger partial charge in [0.25, 0.3) is 0 Å². The van der Waals surface area contributed by atoms with Gasteiger partial charge in [0.1, 0.15) is 0 Å². The number of likely N-dealkylation sites (N-methyl/N-ethyl adjacent to an activating group) is 1. The third-order valence-electron chi connectivity index (χ3n) is 2.28. The molecule has 0 radical (unpaired) electrons. The summed E-state index contributed by atoms with van der Waals surface area (Å²) in [5, 5.41) is 3.22. The maximum atomic E-state index is 11.4. The first-order valence-electron chi connectivity index (χ1n) is 4.93. The number of nitrogens with one attached hydrogen (secondary N) is 1. The van der Waals surface area contributed by atoms with E-state index in [1.807, 2.05) is 6.92 Å². The van der Waals surface area contributed by atoms with Gasteiger partial charge in [-0.1, -0.05) is 20.3 Å². The van der Waals surface area contributed by atoms with Gasteiger partial charge < -0.3 is 10.2 Å². The van der Waals surface area contributed by atoms with Gasteiger partial charge in [-0.25, -0.2) is 0 Å². The van der Waals surface area contributed by atoms with Crippen LogP contribution in [0.4, 0.5) is 0 Å². The Labute approximate surface area is 81.5 Å². The monoisotopic (exact) mass is 186 g/mol. The first kappa shape index (κ1) is 12.4. The van der Waals surface area contributed by atoms with Gasteiger partial charge in [-0.05, 0) is 19.4 Å². The van der Waals surface area contributed by atoms with Crippen LogP contribution in [0, 0.1) is 5.92 Å². The van der Waals surface area contributed by atoms with Gasteiger partial charge in [-0.15, -0.1) is 0 Å². The van der Waals surface area contributed by atoms with Crippen LogP contribution in [0.3, 0.4) is 0 Å². The van der Waals surface area contributed by atoms with Crippen LogP contribution in [0.25, 0.3) is 0 Å². The molecule has 2 atom stereocenters. The molecule has 1 N–H and O–H groups in total. The highest BCUT2D eigenvalue weighted by Gasteiger charge is 2.14. The first-order chi connectivity index (χ1) is 5.99. The minimum atomic E-state index is -0.0657. The molecule has 0 aliphatic rings. The lowest BCUT2D eigenvalue weighted by atomic mass is 10.1. The highest BCUT2D eigenvalue weighted by atomic mass is 16.2. The van der Waals surface area contributed by atoms with E-state index in [4.69, 9.17) is 0 Å². The molecule has 0 heterocycles. The second kappa shape index (κ2) is 5.97. The largest absolute Gasteiger partial charge is 0.347 e. The van der Waals surface area contributed by atoms with Gasteiger partial charge in [0.15, 0.2) is 0 Å². The standard InChI is InChI=1S/C10H22N2O/c1-6-8(2)7-11-9(3)10(13)12(4)5/h8-9,11H,6-7H2,1-5H3. The Hall–Kier alpha value is -0.570. The molecule has 78 valence electrons. The molecular weight excluding hydrogens is 164 g/mol. The zero-order valence-corrected chi connectivity index (χ0v) is 9.42. The maximum absolute atomic E-state index is 11.4. The topological polar surface area (TPSA) is 32.3 Å². The van der Waals surface area contributed by atoms with Crippen LogP contribution in [0.2, 0.25) is 0 Å². The van der Waals surface area contributed by atoms with E-state index >= 15 is 0 Å². The molecule has 0 fully saturated rings. The molecule has 0 aliphatic carbocycles. The van der Waals surface area contributed by atoms with Gasteiger partial charge in [-0.2, -0.15) is 0 Å². The van der Waals surface area contributed by atoms with Gasteiger partial charge in [0, 0.05) is 14.1 Å². The zero-order chi connectivity index (χ0) is 10.4. The van der Waals surface area contributed by atoms with Crippen LogP contribution in [-0.2, 0) is 4.79 Å². The van der Waals surface area contributed by atoms with Crippen molar-refractivity contribution < 1.29 is 4.79 Å². The van der Waals surface area contributed by atoms with E-state index in [2.05, 4.69) is 19.2 Å². The summed E-state index contributed by atoms with van der Waals surface area (Å²) >= 11 is 0. The Morgan fingerprint density at radius 2 is 1.92 bits per heavy atom. The second-order valence-corrected chi connectivity index (χ2v) is 3.88. The van der Waals surface area contributed by atoms with Crippen molar-refractivity contribution in [1.82, 2.24) is 10.2 Å². The van der Waals surface area contributed by atoms with Gasteiger partial charge in [-0.3, -0.25) is 4.79 Å². The average molecular weight is 186 g/mol. The Morgan fingerprint density at radius 1 is 1.38 bits per heavy atom. The fourth-order valence-electron chi connectivity index (χ4n) is 0.997. The van der Waals surface area contributed by atoms with Crippen molar-refractivity contribution in [2.45, 2.75) is 33.2 Å². The predicted octanol–water partition coefficient (Wildman–Crippen LogP) is 1.10. The van der Waals surface area contributed by atoms with Crippen LogP contribution in [0.5, 0.6) is 0 Å². The minimum absolute atomic E-state index is 0.0657. The van der Waals surface area contributed by atoms with E-state index < -0.39 is 0 Å². The van der Waals surface area contributed by atoms with Crippen LogP contribution >= 0.6 is 0 Å². The number of amides is 1. The van der Waals surface area contributed by atoms with E-state index in [0.29, 0.717) is 5.92 Å². The van der Waals surface area contributed by atoms with Crippen LogP contribution in [0.1, 0.15) is 27.2 Å². The number of rotatable bonds is 5. The average Bonchev–Trinajstić information content (AvgIpc) is 2.11. The molecule has 3 nitrogen and oxygen atoms in total. The number of hydrogen-bond donors (Lipinski definition) is 1. The molecule has 0 rings (SSSR count). The van der Waals surface area contributed by atoms with E-state index in [0.717, 1.165) is 13.0 Å². The van der Waals surface area contributed by atoms with Crippen molar-refractivity contribution in [2.24, 2.45) is 5.92 Å². The fourth-order valence-corrected chi connectivity index (χ4v) is 0.997. The number of nitrogens with zero attached hydrogens (tertiary/aromatic N) is 1. The SMILES string of the molecule is CCC(C)CNC(C)C(=O)N(C)C. The van der Waals surface area contributed by atoms with Crippen molar-refractivity contribution in [3.05, 3.63) is 0 Å². The van der Waals surface area contributed by atoms with E-state index in [9.17, 15) is 4.79 Å². The van der Waals surface area contributed by atoms with Crippen molar-refractivity contribution in [3.63, 3.8) is 0 Å². The Balaban J connectivity index is 3.74. The summed E-state index contributed by atoms with van der Waals surface area (Å²) in [6.45, 7) is 7.16. The fraction of sp³-hybridized carbons (Fsp3) is 0.900. The lowest BCUT2D eigenvalue weighted by Gasteiger charge is -2.19. The van der Waals surface area contributed by atoms with Crippen LogP contribution in [-0.4, -0.2) is 37.5 Å². The predicted molar refractivity (Wildman–Crippen MR) is 55.6 cm³/mol. The molecule has 2 unspecified atom stereocenters. The second-order valence-electron chi connectivity index (χ2n) is 3.88. The van der Waals surface area contributed by atoms with Crippen molar-refractivity contribution in [3.8, 4) is 0 Å². The number of hydrogen-bond acceptors (Lipinski definition) is 2. The zero-order valence-electron chi connectivity index (χ0n) is 9.42. The van der Waals surface area contributed by atoms with Crippen LogP contribution < -0.4 is 5.32 Å². The molecule has 0 bridgehead atoms. The summed E-state index contributed by atoms with van der Waals surface area (Å²) in [5.41, 5.74) is 0. The maximum Gasteiger partial charge on any atom is 0.238 e. The molecule has 3 heteroatoms. The third kappa shape index (κ3) is 4.88. The van der Waals surface area contributed by atoms with E-state index in [1.165, 1.54) is 0 Å². The number of carbonyl (C=O) groups is 1. The molecular formula is C10H22N2O. The quantitative estimate of drug-likeness (QED) is 0.697. The molecule has 0 saturated heterocycles. The molecule has 0 aromatic carbocycles.